The fourth-order valence-electron chi connectivity index (χ4n) is 1.41. The zero-order chi connectivity index (χ0) is 10.2. The molecule has 1 rings (SSSR count). The van der Waals surface area contributed by atoms with E-state index in [9.17, 15) is 0 Å². The van der Waals surface area contributed by atoms with Crippen LogP contribution in [0.2, 0.25) is 0 Å². The summed E-state index contributed by atoms with van der Waals surface area (Å²) >= 11 is 6.13. The first-order chi connectivity index (χ1) is 5.82. The predicted octanol–water partition coefficient (Wildman–Crippen LogP) is 2.85. The smallest absolute Gasteiger partial charge is 0.125 e. The molecule has 1 atom stereocenters. The average molecular weight is 201 g/mol. The predicted molar refractivity (Wildman–Crippen MR) is 58.1 cm³/mol. The van der Waals surface area contributed by atoms with E-state index in [1.807, 2.05) is 24.9 Å². The van der Waals surface area contributed by atoms with Gasteiger partial charge in [0, 0.05) is 18.2 Å². The summed E-state index contributed by atoms with van der Waals surface area (Å²) in [5.41, 5.74) is 0.993. The number of aliphatic imine (C=N–C) groups is 1. The molecule has 1 aliphatic rings. The lowest BCUT2D eigenvalue weighted by atomic mass is 9.93. The Morgan fingerprint density at radius 3 is 2.46 bits per heavy atom. The molecule has 0 aliphatic carbocycles. The van der Waals surface area contributed by atoms with Gasteiger partial charge in [-0.2, -0.15) is 0 Å². The number of amidine groups is 1. The minimum atomic E-state index is -0.0632. The normalized spacial score (nSPS) is 24.2. The van der Waals surface area contributed by atoms with Crippen molar-refractivity contribution in [3.05, 3.63) is 11.8 Å². The lowest BCUT2D eigenvalue weighted by molar-refractivity contribution is 0.426. The largest absolute Gasteiger partial charge is 0.343 e. The highest BCUT2D eigenvalue weighted by atomic mass is 35.5. The quantitative estimate of drug-likeness (QED) is 0.434. The Bertz CT molecular complexity index is 261. The highest BCUT2D eigenvalue weighted by Gasteiger charge is 2.28. The maximum Gasteiger partial charge on any atom is 0.125 e. The Morgan fingerprint density at radius 1 is 1.46 bits per heavy atom. The van der Waals surface area contributed by atoms with Crippen molar-refractivity contribution in [3.8, 4) is 0 Å². The summed E-state index contributed by atoms with van der Waals surface area (Å²) in [4.78, 5) is 6.51. The molecule has 0 saturated carbocycles. The van der Waals surface area contributed by atoms with E-state index in [0.717, 1.165) is 11.5 Å². The summed E-state index contributed by atoms with van der Waals surface area (Å²) in [5, 5.41) is 0. The van der Waals surface area contributed by atoms with Gasteiger partial charge in [0.1, 0.15) is 11.3 Å². The monoisotopic (exact) mass is 200 g/mol. The van der Waals surface area contributed by atoms with Gasteiger partial charge in [-0.15, -0.1) is 0 Å². The molecule has 0 radical (unpaired) electrons. The van der Waals surface area contributed by atoms with Crippen LogP contribution in [0.3, 0.4) is 0 Å². The molecule has 1 unspecified atom stereocenters. The van der Waals surface area contributed by atoms with Crippen LogP contribution in [0.25, 0.3) is 0 Å². The second-order valence-electron chi connectivity index (χ2n) is 4.48. The summed E-state index contributed by atoms with van der Waals surface area (Å²) in [7, 11) is 1.98. The Hall–Kier alpha value is -0.500. The standard InChI is InChI=1S/C10H17ClN2/c1-7-6-8(11)13(5)9(12-7)10(2,3)4/h6,8H,1-5H3. The van der Waals surface area contributed by atoms with Crippen LogP contribution in [-0.2, 0) is 0 Å². The molecule has 2 nitrogen and oxygen atoms in total. The van der Waals surface area contributed by atoms with Gasteiger partial charge in [0.05, 0.1) is 0 Å². The van der Waals surface area contributed by atoms with Crippen LogP contribution >= 0.6 is 11.6 Å². The van der Waals surface area contributed by atoms with Crippen molar-refractivity contribution in [3.63, 3.8) is 0 Å². The molecule has 0 fully saturated rings. The minimum Gasteiger partial charge on any atom is -0.343 e. The highest BCUT2D eigenvalue weighted by Crippen LogP contribution is 2.26. The van der Waals surface area contributed by atoms with Gasteiger partial charge in [-0.1, -0.05) is 32.4 Å². The zero-order valence-corrected chi connectivity index (χ0v) is 9.68. The van der Waals surface area contributed by atoms with E-state index in [1.165, 1.54) is 0 Å². The molecule has 0 aromatic carbocycles. The summed E-state index contributed by atoms with van der Waals surface area (Å²) in [5.74, 6) is 1.05. The van der Waals surface area contributed by atoms with Crippen molar-refractivity contribution in [1.29, 1.82) is 0 Å². The number of nitrogens with zero attached hydrogens (tertiary/aromatic N) is 2. The maximum atomic E-state index is 6.13. The molecule has 0 aromatic heterocycles. The van der Waals surface area contributed by atoms with Crippen LogP contribution in [0.15, 0.2) is 16.8 Å². The third-order valence-corrected chi connectivity index (χ3v) is 2.45. The lowest BCUT2D eigenvalue weighted by Gasteiger charge is -2.35. The first kappa shape index (κ1) is 10.6. The molecular weight excluding hydrogens is 184 g/mol. The van der Waals surface area contributed by atoms with Crippen LogP contribution in [0.1, 0.15) is 27.7 Å². The number of allylic oxidation sites excluding steroid dienone is 1. The Labute approximate surface area is 85.3 Å². The molecular formula is C10H17ClN2. The van der Waals surface area contributed by atoms with E-state index < -0.39 is 0 Å². The molecule has 74 valence electrons. The first-order valence-electron chi connectivity index (χ1n) is 4.47. The highest BCUT2D eigenvalue weighted by molar-refractivity contribution is 6.23. The van der Waals surface area contributed by atoms with Crippen LogP contribution in [-0.4, -0.2) is 23.3 Å². The van der Waals surface area contributed by atoms with Crippen molar-refractivity contribution >= 4 is 17.4 Å². The molecule has 1 heterocycles. The van der Waals surface area contributed by atoms with Gasteiger partial charge >= 0.3 is 0 Å². The first-order valence-corrected chi connectivity index (χ1v) is 4.90. The van der Waals surface area contributed by atoms with Crippen molar-refractivity contribution < 1.29 is 0 Å². The fraction of sp³-hybridized carbons (Fsp3) is 0.700. The van der Waals surface area contributed by atoms with Gasteiger partial charge < -0.3 is 4.90 Å². The van der Waals surface area contributed by atoms with Crippen molar-refractivity contribution in [1.82, 2.24) is 4.90 Å². The van der Waals surface area contributed by atoms with Crippen LogP contribution in [0, 0.1) is 5.41 Å². The van der Waals surface area contributed by atoms with E-state index in [2.05, 4.69) is 25.8 Å². The Balaban J connectivity index is 3.02. The van der Waals surface area contributed by atoms with E-state index in [1.54, 1.807) is 0 Å². The molecule has 1 aliphatic heterocycles. The van der Waals surface area contributed by atoms with E-state index in [0.29, 0.717) is 0 Å². The van der Waals surface area contributed by atoms with E-state index in [4.69, 9.17) is 11.6 Å². The molecule has 0 amide bonds. The summed E-state index contributed by atoms with van der Waals surface area (Å²) in [6.45, 7) is 8.41. The van der Waals surface area contributed by atoms with Gasteiger partial charge in [0.25, 0.3) is 0 Å². The molecule has 3 heteroatoms. The summed E-state index contributed by atoms with van der Waals surface area (Å²) in [6, 6.07) is 0. The van der Waals surface area contributed by atoms with Gasteiger partial charge in [-0.25, -0.2) is 4.99 Å². The van der Waals surface area contributed by atoms with Crippen LogP contribution in [0.5, 0.6) is 0 Å². The number of halogens is 1. The van der Waals surface area contributed by atoms with Crippen molar-refractivity contribution in [2.45, 2.75) is 33.2 Å². The van der Waals surface area contributed by atoms with E-state index >= 15 is 0 Å². The number of rotatable bonds is 0. The fourth-order valence-corrected chi connectivity index (χ4v) is 1.68. The molecule has 0 bridgehead atoms. The second kappa shape index (κ2) is 3.33. The van der Waals surface area contributed by atoms with Crippen molar-refractivity contribution in [2.75, 3.05) is 7.05 Å². The van der Waals surface area contributed by atoms with Crippen molar-refractivity contribution in [2.24, 2.45) is 10.4 Å². The molecule has 0 spiro atoms. The third-order valence-electron chi connectivity index (χ3n) is 2.04. The van der Waals surface area contributed by atoms with Gasteiger partial charge in [-0.05, 0) is 13.0 Å². The SMILES string of the molecule is CC1=CC(Cl)N(C)C(C(C)(C)C)=N1. The summed E-state index contributed by atoms with van der Waals surface area (Å²) in [6.07, 6.45) is 1.96. The van der Waals surface area contributed by atoms with Crippen LogP contribution in [0.4, 0.5) is 0 Å². The number of hydrogen-bond acceptors (Lipinski definition) is 2. The number of likely N-dealkylation sites (N-methyl/N-ethyl adjacent to an activating group) is 1. The Morgan fingerprint density at radius 2 is 2.00 bits per heavy atom. The van der Waals surface area contributed by atoms with Gasteiger partial charge in [0.15, 0.2) is 0 Å². The zero-order valence-electron chi connectivity index (χ0n) is 8.93. The van der Waals surface area contributed by atoms with Crippen LogP contribution < -0.4 is 0 Å². The average Bonchev–Trinajstić information content (AvgIpc) is 1.94. The second-order valence-corrected chi connectivity index (χ2v) is 4.92. The number of hydrogen-bond donors (Lipinski definition) is 0. The molecule has 13 heavy (non-hydrogen) atoms. The topological polar surface area (TPSA) is 15.6 Å². The molecule has 0 saturated heterocycles. The van der Waals surface area contributed by atoms with E-state index in [-0.39, 0.29) is 10.9 Å². The maximum absolute atomic E-state index is 6.13. The minimum absolute atomic E-state index is 0.0530. The Kier molecular flexibility index (Phi) is 2.71. The summed E-state index contributed by atoms with van der Waals surface area (Å²) < 4.78 is 0. The lowest BCUT2D eigenvalue weighted by Crippen LogP contribution is -2.42. The van der Waals surface area contributed by atoms with Gasteiger partial charge in [-0.3, -0.25) is 0 Å². The molecule has 0 aromatic rings. The molecule has 0 N–H and O–H groups in total. The third kappa shape index (κ3) is 2.25. The number of alkyl halides is 1. The van der Waals surface area contributed by atoms with Gasteiger partial charge in [0.2, 0.25) is 0 Å².